The average molecular weight is 443 g/mol. The number of hydrogen-bond acceptors (Lipinski definition) is 3. The van der Waals surface area contributed by atoms with E-state index in [1.165, 1.54) is 17.0 Å². The summed E-state index contributed by atoms with van der Waals surface area (Å²) in [6, 6.07) is 22.4. The lowest BCUT2D eigenvalue weighted by Gasteiger charge is -2.27. The van der Waals surface area contributed by atoms with Crippen LogP contribution >= 0.6 is 11.6 Å². The van der Waals surface area contributed by atoms with Crippen molar-refractivity contribution < 1.29 is 13.2 Å². The van der Waals surface area contributed by atoms with Gasteiger partial charge >= 0.3 is 0 Å². The number of sulfonamides is 1. The zero-order valence-electron chi connectivity index (χ0n) is 16.8. The number of halogens is 1. The maximum Gasteiger partial charge on any atom is 0.264 e. The smallest absolute Gasteiger partial charge is 0.264 e. The first-order valence-electron chi connectivity index (χ1n) is 9.40. The lowest BCUT2D eigenvalue weighted by Crippen LogP contribution is -2.41. The van der Waals surface area contributed by atoms with Gasteiger partial charge in [0.15, 0.2) is 0 Å². The number of aryl methyl sites for hydroxylation is 1. The van der Waals surface area contributed by atoms with E-state index in [0.29, 0.717) is 17.3 Å². The highest BCUT2D eigenvalue weighted by atomic mass is 35.5. The molecule has 0 spiro atoms. The number of amides is 1. The molecule has 1 amide bonds. The van der Waals surface area contributed by atoms with Crippen LogP contribution in [0.2, 0.25) is 5.02 Å². The molecule has 0 aliphatic carbocycles. The van der Waals surface area contributed by atoms with Gasteiger partial charge in [-0.3, -0.25) is 9.10 Å². The standard InChI is InChI=1S/C23H23ClN2O3S/c1-18-7-6-8-21(15-18)26(30(28,29)22-9-4-3-5-10-22)17-23(27)25(2)16-19-11-13-20(24)14-12-19/h3-15H,16-17H2,1-2H3. The maximum atomic E-state index is 13.3. The summed E-state index contributed by atoms with van der Waals surface area (Å²) in [6.07, 6.45) is 0. The molecule has 156 valence electrons. The molecule has 0 fully saturated rings. The number of benzene rings is 3. The quantitative estimate of drug-likeness (QED) is 0.541. The van der Waals surface area contributed by atoms with E-state index in [1.54, 1.807) is 55.6 Å². The lowest BCUT2D eigenvalue weighted by atomic mass is 10.2. The third-order valence-electron chi connectivity index (χ3n) is 4.66. The molecule has 0 aliphatic heterocycles. The largest absolute Gasteiger partial charge is 0.340 e. The number of nitrogens with zero attached hydrogens (tertiary/aromatic N) is 2. The minimum atomic E-state index is -3.91. The zero-order valence-corrected chi connectivity index (χ0v) is 18.4. The molecule has 3 aromatic rings. The Hall–Kier alpha value is -2.83. The van der Waals surface area contributed by atoms with Gasteiger partial charge < -0.3 is 4.90 Å². The summed E-state index contributed by atoms with van der Waals surface area (Å²) in [4.78, 5) is 14.6. The van der Waals surface area contributed by atoms with Crippen molar-refractivity contribution in [1.29, 1.82) is 0 Å². The Kier molecular flexibility index (Phi) is 6.80. The third-order valence-corrected chi connectivity index (χ3v) is 6.70. The van der Waals surface area contributed by atoms with Crippen LogP contribution in [0.4, 0.5) is 5.69 Å². The van der Waals surface area contributed by atoms with Gasteiger partial charge in [0.2, 0.25) is 5.91 Å². The molecular formula is C23H23ClN2O3S. The Bertz CT molecular complexity index is 1120. The summed E-state index contributed by atoms with van der Waals surface area (Å²) in [7, 11) is -2.26. The van der Waals surface area contributed by atoms with Crippen LogP contribution in [0.25, 0.3) is 0 Å². The number of hydrogen-bond donors (Lipinski definition) is 0. The molecular weight excluding hydrogens is 420 g/mol. The van der Waals surface area contributed by atoms with E-state index in [0.717, 1.165) is 15.4 Å². The fourth-order valence-electron chi connectivity index (χ4n) is 3.01. The number of carbonyl (C=O) groups excluding carboxylic acids is 1. The first-order valence-corrected chi connectivity index (χ1v) is 11.2. The molecule has 0 aliphatic rings. The molecule has 7 heteroatoms. The zero-order chi connectivity index (χ0) is 21.7. The highest BCUT2D eigenvalue weighted by Crippen LogP contribution is 2.24. The van der Waals surface area contributed by atoms with Crippen LogP contribution in [0.1, 0.15) is 11.1 Å². The van der Waals surface area contributed by atoms with E-state index in [9.17, 15) is 13.2 Å². The Labute approximate surface area is 182 Å². The molecule has 0 bridgehead atoms. The van der Waals surface area contributed by atoms with Crippen LogP contribution in [0.5, 0.6) is 0 Å². The Morgan fingerprint density at radius 3 is 2.23 bits per heavy atom. The topological polar surface area (TPSA) is 57.7 Å². The van der Waals surface area contributed by atoms with Gasteiger partial charge in [0.05, 0.1) is 10.6 Å². The van der Waals surface area contributed by atoms with Crippen molar-refractivity contribution in [2.45, 2.75) is 18.4 Å². The van der Waals surface area contributed by atoms with E-state index < -0.39 is 10.0 Å². The number of rotatable bonds is 7. The van der Waals surface area contributed by atoms with E-state index >= 15 is 0 Å². The van der Waals surface area contributed by atoms with Gasteiger partial charge in [-0.1, -0.05) is 54.1 Å². The molecule has 0 saturated carbocycles. The molecule has 0 N–H and O–H groups in total. The van der Waals surface area contributed by atoms with Gasteiger partial charge in [0.25, 0.3) is 10.0 Å². The minimum absolute atomic E-state index is 0.139. The summed E-state index contributed by atoms with van der Waals surface area (Å²) in [5.41, 5.74) is 2.26. The molecule has 0 aromatic heterocycles. The van der Waals surface area contributed by atoms with E-state index in [1.807, 2.05) is 25.1 Å². The van der Waals surface area contributed by atoms with Gasteiger partial charge in [-0.15, -0.1) is 0 Å². The van der Waals surface area contributed by atoms with Crippen molar-refractivity contribution >= 4 is 33.2 Å². The molecule has 0 radical (unpaired) electrons. The summed E-state index contributed by atoms with van der Waals surface area (Å²) in [6.45, 7) is 1.93. The van der Waals surface area contributed by atoms with Crippen LogP contribution in [-0.4, -0.2) is 32.8 Å². The fourth-order valence-corrected chi connectivity index (χ4v) is 4.57. The highest BCUT2D eigenvalue weighted by Gasteiger charge is 2.28. The molecule has 0 unspecified atom stereocenters. The summed E-state index contributed by atoms with van der Waals surface area (Å²) in [5.74, 6) is -0.314. The molecule has 0 atom stereocenters. The van der Waals surface area contributed by atoms with Crippen molar-refractivity contribution in [1.82, 2.24) is 4.90 Å². The first kappa shape index (κ1) is 21.9. The fraction of sp³-hybridized carbons (Fsp3) is 0.174. The molecule has 3 rings (SSSR count). The summed E-state index contributed by atoms with van der Waals surface area (Å²) < 4.78 is 27.8. The van der Waals surface area contributed by atoms with Crippen LogP contribution in [0.3, 0.4) is 0 Å². The first-order chi connectivity index (χ1) is 14.3. The Morgan fingerprint density at radius 2 is 1.60 bits per heavy atom. The summed E-state index contributed by atoms with van der Waals surface area (Å²) in [5, 5.41) is 0.618. The van der Waals surface area contributed by atoms with Gasteiger partial charge in [-0.05, 0) is 54.4 Å². The number of anilines is 1. The predicted octanol–water partition coefficient (Wildman–Crippen LogP) is 4.50. The Morgan fingerprint density at radius 1 is 0.933 bits per heavy atom. The summed E-state index contributed by atoms with van der Waals surface area (Å²) >= 11 is 5.91. The van der Waals surface area contributed by atoms with Crippen molar-refractivity contribution in [3.63, 3.8) is 0 Å². The van der Waals surface area contributed by atoms with Crippen molar-refractivity contribution in [3.05, 3.63) is 95.0 Å². The normalized spacial score (nSPS) is 11.2. The molecule has 0 saturated heterocycles. The molecule has 3 aromatic carbocycles. The second-order valence-electron chi connectivity index (χ2n) is 7.04. The van der Waals surface area contributed by atoms with E-state index in [-0.39, 0.29) is 17.3 Å². The van der Waals surface area contributed by atoms with Crippen LogP contribution < -0.4 is 4.31 Å². The van der Waals surface area contributed by atoms with E-state index in [4.69, 9.17) is 11.6 Å². The average Bonchev–Trinajstić information content (AvgIpc) is 2.74. The monoisotopic (exact) mass is 442 g/mol. The van der Waals surface area contributed by atoms with Crippen LogP contribution in [0.15, 0.2) is 83.8 Å². The number of likely N-dealkylation sites (N-methyl/N-ethyl adjacent to an activating group) is 1. The van der Waals surface area contributed by atoms with Gasteiger partial charge in [-0.25, -0.2) is 8.42 Å². The minimum Gasteiger partial charge on any atom is -0.340 e. The maximum absolute atomic E-state index is 13.3. The third kappa shape index (κ3) is 5.20. The van der Waals surface area contributed by atoms with Crippen LogP contribution in [0, 0.1) is 6.92 Å². The Balaban J connectivity index is 1.89. The van der Waals surface area contributed by atoms with Crippen molar-refractivity contribution in [3.8, 4) is 0 Å². The van der Waals surface area contributed by atoms with Crippen molar-refractivity contribution in [2.75, 3.05) is 17.9 Å². The SMILES string of the molecule is Cc1cccc(N(CC(=O)N(C)Cc2ccc(Cl)cc2)S(=O)(=O)c2ccccc2)c1. The van der Waals surface area contributed by atoms with Gasteiger partial charge in [0, 0.05) is 18.6 Å². The number of carbonyl (C=O) groups is 1. The van der Waals surface area contributed by atoms with Crippen LogP contribution in [-0.2, 0) is 21.4 Å². The highest BCUT2D eigenvalue weighted by molar-refractivity contribution is 7.92. The molecule has 30 heavy (non-hydrogen) atoms. The second kappa shape index (κ2) is 9.32. The lowest BCUT2D eigenvalue weighted by molar-refractivity contribution is -0.128. The molecule has 0 heterocycles. The van der Waals surface area contributed by atoms with Gasteiger partial charge in [-0.2, -0.15) is 0 Å². The van der Waals surface area contributed by atoms with Gasteiger partial charge in [0.1, 0.15) is 6.54 Å². The second-order valence-corrected chi connectivity index (χ2v) is 9.34. The molecule has 5 nitrogen and oxygen atoms in total. The van der Waals surface area contributed by atoms with E-state index in [2.05, 4.69) is 0 Å². The predicted molar refractivity (Wildman–Crippen MR) is 120 cm³/mol. The van der Waals surface area contributed by atoms with Crippen molar-refractivity contribution in [2.24, 2.45) is 0 Å².